The zero-order chi connectivity index (χ0) is 20.2. The lowest BCUT2D eigenvalue weighted by Crippen LogP contribution is -2.37. The van der Waals surface area contributed by atoms with E-state index in [0.717, 1.165) is 16.8 Å². The van der Waals surface area contributed by atoms with E-state index in [1.54, 1.807) is 35.2 Å². The summed E-state index contributed by atoms with van der Waals surface area (Å²) in [4.78, 5) is 20.1. The molecule has 0 saturated carbocycles. The van der Waals surface area contributed by atoms with Crippen LogP contribution in [0.15, 0.2) is 76.5 Å². The quantitative estimate of drug-likeness (QED) is 0.578. The van der Waals surface area contributed by atoms with Crippen molar-refractivity contribution in [2.75, 3.05) is 6.54 Å². The van der Waals surface area contributed by atoms with Gasteiger partial charge in [0.15, 0.2) is 11.9 Å². The predicted molar refractivity (Wildman–Crippen MR) is 107 cm³/mol. The molecular formula is C22H18ClFN2O3. The lowest BCUT2D eigenvalue weighted by atomic mass is 10.0. The summed E-state index contributed by atoms with van der Waals surface area (Å²) in [5.41, 5.74) is 2.42. The zero-order valence-electron chi connectivity index (χ0n) is 15.4. The zero-order valence-corrected chi connectivity index (χ0v) is 16.2. The Balaban J connectivity index is 1.48. The number of hydrogen-bond donors (Lipinski definition) is 0. The molecule has 148 valence electrons. The van der Waals surface area contributed by atoms with E-state index >= 15 is 0 Å². The van der Waals surface area contributed by atoms with E-state index in [1.807, 2.05) is 18.2 Å². The Kier molecular flexibility index (Phi) is 5.62. The number of amides is 1. The fraction of sp³-hybridized carbons (Fsp3) is 0.182. The maximum absolute atomic E-state index is 13.1. The van der Waals surface area contributed by atoms with E-state index in [1.165, 1.54) is 18.4 Å². The van der Waals surface area contributed by atoms with Gasteiger partial charge in [-0.15, -0.1) is 0 Å². The largest absolute Gasteiger partial charge is 0.459 e. The second kappa shape index (κ2) is 8.49. The molecule has 1 atom stereocenters. The number of benzene rings is 2. The van der Waals surface area contributed by atoms with Crippen molar-refractivity contribution < 1.29 is 18.4 Å². The Morgan fingerprint density at radius 2 is 2.00 bits per heavy atom. The molecule has 1 aromatic heterocycles. The van der Waals surface area contributed by atoms with Crippen LogP contribution >= 0.6 is 11.6 Å². The SMILES string of the molecule is O=C(c1ccco1)N(Cc1cccc(Cl)c1)C[C@H]1CC(c2ccc(F)cc2)=NO1. The number of carbonyl (C=O) groups excluding carboxylic acids is 1. The van der Waals surface area contributed by atoms with Crippen molar-refractivity contribution in [3.05, 3.63) is 94.7 Å². The standard InChI is InChI=1S/C22H18ClFN2O3/c23-17-4-1-3-15(11-17)13-26(22(27)21-5-2-10-28-21)14-19-12-20(25-29-19)16-6-8-18(24)9-7-16/h1-11,19H,12-14H2/t19-/m1/s1. The fourth-order valence-electron chi connectivity index (χ4n) is 3.22. The van der Waals surface area contributed by atoms with Crippen LogP contribution in [0.2, 0.25) is 5.02 Å². The monoisotopic (exact) mass is 412 g/mol. The molecule has 1 amide bonds. The van der Waals surface area contributed by atoms with E-state index in [0.29, 0.717) is 24.5 Å². The van der Waals surface area contributed by atoms with Crippen LogP contribution in [0.5, 0.6) is 0 Å². The van der Waals surface area contributed by atoms with Crippen molar-refractivity contribution in [3.8, 4) is 0 Å². The Morgan fingerprint density at radius 3 is 2.72 bits per heavy atom. The van der Waals surface area contributed by atoms with Gasteiger partial charge in [0.05, 0.1) is 18.5 Å². The molecule has 0 saturated heterocycles. The first kappa shape index (κ1) is 19.2. The Hall–Kier alpha value is -3.12. The predicted octanol–water partition coefficient (Wildman–Crippen LogP) is 4.91. The maximum atomic E-state index is 13.1. The Morgan fingerprint density at radius 1 is 1.17 bits per heavy atom. The van der Waals surface area contributed by atoms with Gasteiger partial charge in [-0.25, -0.2) is 4.39 Å². The Labute approximate surface area is 172 Å². The first-order valence-corrected chi connectivity index (χ1v) is 9.52. The highest BCUT2D eigenvalue weighted by Gasteiger charge is 2.28. The summed E-state index contributed by atoms with van der Waals surface area (Å²) in [5.74, 6) is -0.292. The minimum Gasteiger partial charge on any atom is -0.459 e. The number of halogens is 2. The molecule has 5 nitrogen and oxygen atoms in total. The minimum absolute atomic E-state index is 0.242. The molecular weight excluding hydrogens is 395 g/mol. The van der Waals surface area contributed by atoms with Gasteiger partial charge >= 0.3 is 0 Å². The van der Waals surface area contributed by atoms with Crippen LogP contribution in [0.4, 0.5) is 4.39 Å². The summed E-state index contributed by atoms with van der Waals surface area (Å²) in [5, 5.41) is 4.73. The van der Waals surface area contributed by atoms with Gasteiger partial charge in [0.1, 0.15) is 5.82 Å². The van der Waals surface area contributed by atoms with Crippen molar-refractivity contribution >= 4 is 23.2 Å². The van der Waals surface area contributed by atoms with E-state index in [4.69, 9.17) is 20.9 Å². The van der Waals surface area contributed by atoms with Crippen LogP contribution in [0.3, 0.4) is 0 Å². The molecule has 0 radical (unpaired) electrons. The van der Waals surface area contributed by atoms with Crippen LogP contribution in [0.25, 0.3) is 0 Å². The lowest BCUT2D eigenvalue weighted by molar-refractivity contribution is 0.0387. The first-order valence-electron chi connectivity index (χ1n) is 9.14. The number of carbonyl (C=O) groups is 1. The molecule has 0 fully saturated rings. The normalized spacial score (nSPS) is 15.7. The highest BCUT2D eigenvalue weighted by atomic mass is 35.5. The smallest absolute Gasteiger partial charge is 0.289 e. The number of oxime groups is 1. The first-order chi connectivity index (χ1) is 14.1. The van der Waals surface area contributed by atoms with Gasteiger partial charge in [-0.1, -0.05) is 41.0 Å². The number of furan rings is 1. The third kappa shape index (κ3) is 4.66. The Bertz CT molecular complexity index is 1020. The van der Waals surface area contributed by atoms with Crippen LogP contribution in [0, 0.1) is 5.82 Å². The lowest BCUT2D eigenvalue weighted by Gasteiger charge is -2.24. The topological polar surface area (TPSA) is 55.0 Å². The van der Waals surface area contributed by atoms with Crippen LogP contribution in [0.1, 0.15) is 28.1 Å². The highest BCUT2D eigenvalue weighted by Crippen LogP contribution is 2.21. The third-order valence-electron chi connectivity index (χ3n) is 4.62. The molecule has 0 aliphatic carbocycles. The molecule has 0 spiro atoms. The molecule has 0 bridgehead atoms. The van der Waals surface area contributed by atoms with Gasteiger partial charge in [0.25, 0.3) is 5.91 Å². The number of nitrogens with zero attached hydrogens (tertiary/aromatic N) is 2. The summed E-state index contributed by atoms with van der Waals surface area (Å²) >= 11 is 6.08. The van der Waals surface area contributed by atoms with Crippen molar-refractivity contribution in [1.82, 2.24) is 4.90 Å². The molecule has 1 aliphatic rings. The minimum atomic E-state index is -0.312. The van der Waals surface area contributed by atoms with Crippen molar-refractivity contribution in [1.29, 1.82) is 0 Å². The number of rotatable bonds is 6. The van der Waals surface area contributed by atoms with Gasteiger partial charge < -0.3 is 14.2 Å². The van der Waals surface area contributed by atoms with Crippen LogP contribution < -0.4 is 0 Å². The van der Waals surface area contributed by atoms with Crippen molar-refractivity contribution in [3.63, 3.8) is 0 Å². The summed E-state index contributed by atoms with van der Waals surface area (Å²) in [7, 11) is 0. The van der Waals surface area contributed by atoms with Crippen LogP contribution in [-0.4, -0.2) is 29.2 Å². The molecule has 1 aliphatic heterocycles. The van der Waals surface area contributed by atoms with Crippen molar-refractivity contribution in [2.24, 2.45) is 5.16 Å². The second-order valence-corrected chi connectivity index (χ2v) is 7.21. The summed E-state index contributed by atoms with van der Waals surface area (Å²) in [6.45, 7) is 0.673. The van der Waals surface area contributed by atoms with E-state index < -0.39 is 0 Å². The van der Waals surface area contributed by atoms with Gasteiger partial charge in [0, 0.05) is 18.0 Å². The fourth-order valence-corrected chi connectivity index (χ4v) is 3.43. The van der Waals surface area contributed by atoms with Gasteiger partial charge in [-0.05, 0) is 47.5 Å². The summed E-state index contributed by atoms with van der Waals surface area (Å²) in [6.07, 6.45) is 1.67. The van der Waals surface area contributed by atoms with Crippen LogP contribution in [-0.2, 0) is 11.4 Å². The maximum Gasteiger partial charge on any atom is 0.289 e. The van der Waals surface area contributed by atoms with Gasteiger partial charge in [-0.3, -0.25) is 4.79 Å². The summed E-state index contributed by atoms with van der Waals surface area (Å²) < 4.78 is 18.4. The van der Waals surface area contributed by atoms with E-state index in [2.05, 4.69) is 5.16 Å². The van der Waals surface area contributed by atoms with Gasteiger partial charge in [-0.2, -0.15) is 0 Å². The average Bonchev–Trinajstić information content (AvgIpc) is 3.40. The molecule has 2 aromatic carbocycles. The molecule has 0 N–H and O–H groups in total. The third-order valence-corrected chi connectivity index (χ3v) is 4.85. The van der Waals surface area contributed by atoms with E-state index in [9.17, 15) is 9.18 Å². The molecule has 3 aromatic rings. The highest BCUT2D eigenvalue weighted by molar-refractivity contribution is 6.30. The second-order valence-electron chi connectivity index (χ2n) is 6.77. The molecule has 29 heavy (non-hydrogen) atoms. The van der Waals surface area contributed by atoms with E-state index in [-0.39, 0.29) is 23.6 Å². The molecule has 7 heteroatoms. The molecule has 2 heterocycles. The van der Waals surface area contributed by atoms with Crippen molar-refractivity contribution in [2.45, 2.75) is 19.1 Å². The van der Waals surface area contributed by atoms with Gasteiger partial charge in [0.2, 0.25) is 0 Å². The molecule has 0 unspecified atom stereocenters. The average molecular weight is 413 g/mol. The summed E-state index contributed by atoms with van der Waals surface area (Å²) in [6, 6.07) is 16.8. The number of hydrogen-bond acceptors (Lipinski definition) is 4. The molecule has 4 rings (SSSR count).